The van der Waals surface area contributed by atoms with Crippen LogP contribution in [0.25, 0.3) is 6.08 Å². The van der Waals surface area contributed by atoms with E-state index in [1.54, 1.807) is 32.2 Å². The van der Waals surface area contributed by atoms with Crippen molar-refractivity contribution in [2.75, 3.05) is 12.4 Å². The van der Waals surface area contributed by atoms with Gasteiger partial charge in [0.1, 0.15) is 5.75 Å². The number of rotatable bonds is 5. The number of aromatic nitrogens is 1. The van der Waals surface area contributed by atoms with Crippen LogP contribution in [0, 0.1) is 0 Å². The highest BCUT2D eigenvalue weighted by Gasteiger charge is 2.33. The van der Waals surface area contributed by atoms with Crippen molar-refractivity contribution in [3.63, 3.8) is 0 Å². The van der Waals surface area contributed by atoms with Crippen LogP contribution in [0.15, 0.2) is 110 Å². The number of nitrogens with one attached hydrogen (secondary N) is 1. The number of para-hydroxylation sites is 1. The van der Waals surface area contributed by atoms with E-state index in [0.717, 1.165) is 11.1 Å². The van der Waals surface area contributed by atoms with Gasteiger partial charge >= 0.3 is 5.68 Å². The monoisotopic (exact) mass is 465 g/mol. The van der Waals surface area contributed by atoms with Crippen LogP contribution in [0.5, 0.6) is 5.75 Å². The highest BCUT2D eigenvalue weighted by Crippen LogP contribution is 2.30. The molecule has 1 aliphatic rings. The third-order valence-corrected chi connectivity index (χ3v) is 5.83. The molecule has 1 aliphatic heterocycles. The summed E-state index contributed by atoms with van der Waals surface area (Å²) in [6.07, 6.45) is 1.66. The lowest BCUT2D eigenvalue weighted by molar-refractivity contribution is -0.113. The molecule has 1 N–H and O–H groups in total. The molecule has 0 radical (unpaired) electrons. The lowest BCUT2D eigenvalue weighted by Crippen LogP contribution is -2.40. The van der Waals surface area contributed by atoms with E-state index in [1.807, 2.05) is 72.8 Å². The first-order chi connectivity index (χ1) is 17.0. The molecule has 4 aromatic rings. The Labute approximate surface area is 201 Å². The maximum atomic E-state index is 13.6. The predicted molar refractivity (Wildman–Crippen MR) is 133 cm³/mol. The van der Waals surface area contributed by atoms with Gasteiger partial charge in [-0.15, -0.1) is 0 Å². The Morgan fingerprint density at radius 3 is 2.31 bits per heavy atom. The largest absolute Gasteiger partial charge is 0.497 e. The predicted octanol–water partition coefficient (Wildman–Crippen LogP) is 3.41. The van der Waals surface area contributed by atoms with Crippen molar-refractivity contribution in [2.24, 2.45) is 4.99 Å². The molecule has 0 saturated carbocycles. The molecule has 0 saturated heterocycles. The normalized spacial score (nSPS) is 15.4. The van der Waals surface area contributed by atoms with Crippen molar-refractivity contribution in [1.29, 1.82) is 0 Å². The van der Waals surface area contributed by atoms with Gasteiger partial charge in [0.2, 0.25) is 0 Å². The van der Waals surface area contributed by atoms with Gasteiger partial charge in [-0.05, 0) is 48.4 Å². The van der Waals surface area contributed by atoms with Gasteiger partial charge in [0.05, 0.1) is 24.4 Å². The number of benzene rings is 3. The third-order valence-electron chi connectivity index (χ3n) is 5.83. The zero-order chi connectivity index (χ0) is 24.4. The van der Waals surface area contributed by atoms with Crippen LogP contribution in [0.3, 0.4) is 0 Å². The number of allylic oxidation sites excluding steroid dienone is 1. The molecular weight excluding hydrogens is 442 g/mol. The van der Waals surface area contributed by atoms with Gasteiger partial charge in [-0.3, -0.25) is 9.59 Å². The summed E-state index contributed by atoms with van der Waals surface area (Å²) in [6.45, 7) is 1.75. The number of fused-ring (bicyclic) bond motifs is 1. The molecule has 0 spiro atoms. The number of methoxy groups -OCH3 is 1. The van der Waals surface area contributed by atoms with E-state index in [9.17, 15) is 9.59 Å². The SMILES string of the molecule is COc1ccc(/C=c2\oc3n(c2=O)C(c2ccccc2)C(C(=O)Nc2ccccc2)=C(C)N=3)cc1. The fourth-order valence-electron chi connectivity index (χ4n) is 4.13. The molecule has 0 bridgehead atoms. The molecule has 3 aromatic carbocycles. The second kappa shape index (κ2) is 9.30. The molecule has 7 nitrogen and oxygen atoms in total. The van der Waals surface area contributed by atoms with Gasteiger partial charge in [-0.25, -0.2) is 9.56 Å². The number of hydrogen-bond acceptors (Lipinski definition) is 5. The molecule has 1 unspecified atom stereocenters. The molecule has 0 aliphatic carbocycles. The van der Waals surface area contributed by atoms with Crippen LogP contribution in [0.4, 0.5) is 5.69 Å². The molecule has 7 heteroatoms. The molecule has 1 aromatic heterocycles. The van der Waals surface area contributed by atoms with Crippen molar-refractivity contribution >= 4 is 17.7 Å². The Morgan fingerprint density at radius 2 is 1.66 bits per heavy atom. The maximum Gasteiger partial charge on any atom is 0.306 e. The Hall–Kier alpha value is -4.65. The van der Waals surface area contributed by atoms with Crippen LogP contribution in [0.2, 0.25) is 0 Å². The molecule has 0 fully saturated rings. The van der Waals surface area contributed by atoms with E-state index >= 15 is 0 Å². The Bertz CT molecular complexity index is 1580. The molecule has 5 rings (SSSR count). The minimum Gasteiger partial charge on any atom is -0.497 e. The van der Waals surface area contributed by atoms with Crippen LogP contribution in [-0.2, 0) is 4.79 Å². The zero-order valence-corrected chi connectivity index (χ0v) is 19.3. The Kier molecular flexibility index (Phi) is 5.89. The standard InChI is InChI=1S/C28H23N3O4/c1-18-24(26(32)30-21-11-7-4-8-12-21)25(20-9-5-3-6-10-20)31-27(33)23(35-28(31)29-18)17-19-13-15-22(34-2)16-14-19/h3-17,25H,1-2H3,(H,30,32)/b23-17-. The van der Waals surface area contributed by atoms with E-state index < -0.39 is 6.04 Å². The summed E-state index contributed by atoms with van der Waals surface area (Å²) in [5, 5.41) is 2.93. The van der Waals surface area contributed by atoms with Gasteiger partial charge in [0.25, 0.3) is 11.5 Å². The van der Waals surface area contributed by atoms with E-state index in [1.165, 1.54) is 4.57 Å². The molecule has 1 amide bonds. The quantitative estimate of drug-likeness (QED) is 0.490. The smallest absolute Gasteiger partial charge is 0.306 e. The average Bonchev–Trinajstić information content (AvgIpc) is 3.19. The second-order valence-corrected chi connectivity index (χ2v) is 8.09. The number of oxazole rings is 1. The lowest BCUT2D eigenvalue weighted by Gasteiger charge is -2.24. The molecule has 174 valence electrons. The number of ether oxygens (including phenoxy) is 1. The highest BCUT2D eigenvalue weighted by molar-refractivity contribution is 6.05. The second-order valence-electron chi connectivity index (χ2n) is 8.09. The van der Waals surface area contributed by atoms with Crippen molar-refractivity contribution in [2.45, 2.75) is 13.0 Å². The van der Waals surface area contributed by atoms with Crippen LogP contribution >= 0.6 is 0 Å². The summed E-state index contributed by atoms with van der Waals surface area (Å²) in [5.74, 6) is 0.386. The van der Waals surface area contributed by atoms with E-state index in [4.69, 9.17) is 9.15 Å². The van der Waals surface area contributed by atoms with E-state index in [-0.39, 0.29) is 22.6 Å². The highest BCUT2D eigenvalue weighted by atomic mass is 16.5. The fourth-order valence-corrected chi connectivity index (χ4v) is 4.13. The van der Waals surface area contributed by atoms with E-state index in [0.29, 0.717) is 22.7 Å². The molecule has 2 heterocycles. The zero-order valence-electron chi connectivity index (χ0n) is 19.3. The van der Waals surface area contributed by atoms with Crippen molar-refractivity contribution in [1.82, 2.24) is 4.57 Å². The topological polar surface area (TPSA) is 85.8 Å². The summed E-state index contributed by atoms with van der Waals surface area (Å²) in [4.78, 5) is 31.5. The Balaban J connectivity index is 1.64. The van der Waals surface area contributed by atoms with Crippen molar-refractivity contribution < 1.29 is 13.9 Å². The van der Waals surface area contributed by atoms with E-state index in [2.05, 4.69) is 10.3 Å². The van der Waals surface area contributed by atoms with Gasteiger partial charge in [-0.1, -0.05) is 60.7 Å². The van der Waals surface area contributed by atoms with Gasteiger partial charge in [0.15, 0.2) is 5.42 Å². The number of amides is 1. The number of carbonyl (C=O) groups excluding carboxylic acids is 1. The number of anilines is 1. The first kappa shape index (κ1) is 22.2. The van der Waals surface area contributed by atoms with Gasteiger partial charge < -0.3 is 14.5 Å². The molecular formula is C28H23N3O4. The van der Waals surface area contributed by atoms with Crippen LogP contribution < -0.4 is 26.7 Å². The summed E-state index contributed by atoms with van der Waals surface area (Å²) in [7, 11) is 1.60. The van der Waals surface area contributed by atoms with Crippen LogP contribution in [0.1, 0.15) is 24.1 Å². The van der Waals surface area contributed by atoms with Gasteiger partial charge in [-0.2, -0.15) is 0 Å². The molecule has 35 heavy (non-hydrogen) atoms. The molecule has 1 atom stereocenters. The Morgan fingerprint density at radius 1 is 1.00 bits per heavy atom. The first-order valence-electron chi connectivity index (χ1n) is 11.1. The fraction of sp³-hybridized carbons (Fsp3) is 0.107. The summed E-state index contributed by atoms with van der Waals surface area (Å²) >= 11 is 0. The summed E-state index contributed by atoms with van der Waals surface area (Å²) in [5.41, 5.74) is 2.99. The van der Waals surface area contributed by atoms with Crippen LogP contribution in [-0.4, -0.2) is 17.6 Å². The van der Waals surface area contributed by atoms with Crippen molar-refractivity contribution in [3.8, 4) is 5.75 Å². The first-order valence-corrected chi connectivity index (χ1v) is 11.1. The number of carbonyl (C=O) groups is 1. The van der Waals surface area contributed by atoms with Crippen molar-refractivity contribution in [3.05, 3.63) is 129 Å². The average molecular weight is 466 g/mol. The number of hydrogen-bond donors (Lipinski definition) is 1. The summed E-state index contributed by atoms with van der Waals surface area (Å²) in [6, 6.07) is 25.2. The third kappa shape index (κ3) is 4.31. The lowest BCUT2D eigenvalue weighted by atomic mass is 9.95. The maximum absolute atomic E-state index is 13.6. The number of nitrogens with zero attached hydrogens (tertiary/aromatic N) is 2. The minimum atomic E-state index is -0.693. The van der Waals surface area contributed by atoms with Gasteiger partial charge in [0, 0.05) is 5.69 Å². The summed E-state index contributed by atoms with van der Waals surface area (Å²) < 4.78 is 12.5. The minimum absolute atomic E-state index is 0.132.